The van der Waals surface area contributed by atoms with Gasteiger partial charge in [-0.1, -0.05) is 24.4 Å². The highest BCUT2D eigenvalue weighted by molar-refractivity contribution is 6.30. The third kappa shape index (κ3) is 2.33. The quantitative estimate of drug-likeness (QED) is 0.838. The lowest BCUT2D eigenvalue weighted by molar-refractivity contribution is 0.529. The largest absolute Gasteiger partial charge is 0.365 e. The van der Waals surface area contributed by atoms with E-state index in [4.69, 9.17) is 16.6 Å². The van der Waals surface area contributed by atoms with Crippen LogP contribution in [0, 0.1) is 6.92 Å². The summed E-state index contributed by atoms with van der Waals surface area (Å²) >= 11 is 6.23. The van der Waals surface area contributed by atoms with Crippen molar-refractivity contribution in [3.05, 3.63) is 16.5 Å². The summed E-state index contributed by atoms with van der Waals surface area (Å²) in [5.74, 6) is 2.41. The first-order chi connectivity index (χ1) is 8.57. The van der Waals surface area contributed by atoms with E-state index in [1.54, 1.807) is 0 Å². The zero-order chi connectivity index (χ0) is 12.8. The zero-order valence-electron chi connectivity index (χ0n) is 11.1. The summed E-state index contributed by atoms with van der Waals surface area (Å²) in [5, 5.41) is 4.22. The van der Waals surface area contributed by atoms with Gasteiger partial charge in [-0.2, -0.15) is 0 Å². The van der Waals surface area contributed by atoms with E-state index in [0.29, 0.717) is 11.1 Å². The van der Waals surface area contributed by atoms with Crippen molar-refractivity contribution in [1.29, 1.82) is 0 Å². The molecule has 2 aliphatic carbocycles. The fraction of sp³-hybridized carbons (Fsp3) is 0.714. The molecule has 4 heteroatoms. The van der Waals surface area contributed by atoms with Gasteiger partial charge in [-0.15, -0.1) is 0 Å². The standard InChI is InChI=1S/C14H20ClN3/c1-9-11(15)16-13(10-5-6-10)17-12(9)18-14(2)7-3-4-8-14/h10H,3-8H2,1-2H3,(H,16,17,18). The first-order valence-electron chi connectivity index (χ1n) is 6.90. The molecule has 0 saturated heterocycles. The molecule has 98 valence electrons. The van der Waals surface area contributed by atoms with Crippen LogP contribution in [-0.4, -0.2) is 15.5 Å². The first kappa shape index (κ1) is 12.2. The highest BCUT2D eigenvalue weighted by atomic mass is 35.5. The molecule has 1 heterocycles. The van der Waals surface area contributed by atoms with Gasteiger partial charge in [0.15, 0.2) is 0 Å². The maximum Gasteiger partial charge on any atom is 0.137 e. The van der Waals surface area contributed by atoms with Crippen LogP contribution in [-0.2, 0) is 0 Å². The average Bonchev–Trinajstić information content (AvgIpc) is 3.09. The van der Waals surface area contributed by atoms with Gasteiger partial charge in [0.05, 0.1) is 0 Å². The van der Waals surface area contributed by atoms with Crippen molar-refractivity contribution in [2.45, 2.75) is 63.8 Å². The van der Waals surface area contributed by atoms with Crippen LogP contribution >= 0.6 is 11.6 Å². The Morgan fingerprint density at radius 3 is 2.50 bits per heavy atom. The molecule has 0 bridgehead atoms. The molecule has 18 heavy (non-hydrogen) atoms. The highest BCUT2D eigenvalue weighted by Gasteiger charge is 2.31. The maximum absolute atomic E-state index is 6.23. The van der Waals surface area contributed by atoms with Crippen LogP contribution in [0.3, 0.4) is 0 Å². The van der Waals surface area contributed by atoms with Gasteiger partial charge in [0.1, 0.15) is 16.8 Å². The van der Waals surface area contributed by atoms with Crippen molar-refractivity contribution < 1.29 is 0 Å². The molecule has 0 aliphatic heterocycles. The fourth-order valence-corrected chi connectivity index (χ4v) is 2.89. The van der Waals surface area contributed by atoms with Crippen LogP contribution in [0.5, 0.6) is 0 Å². The Hall–Kier alpha value is -0.830. The van der Waals surface area contributed by atoms with E-state index in [2.05, 4.69) is 17.2 Å². The van der Waals surface area contributed by atoms with Crippen molar-refractivity contribution in [3.8, 4) is 0 Å². The molecule has 2 saturated carbocycles. The molecule has 3 nitrogen and oxygen atoms in total. The van der Waals surface area contributed by atoms with Gasteiger partial charge in [-0.3, -0.25) is 0 Å². The van der Waals surface area contributed by atoms with E-state index >= 15 is 0 Å². The van der Waals surface area contributed by atoms with Gasteiger partial charge >= 0.3 is 0 Å². The Balaban J connectivity index is 1.89. The number of hydrogen-bond donors (Lipinski definition) is 1. The van der Waals surface area contributed by atoms with E-state index in [0.717, 1.165) is 17.2 Å². The minimum absolute atomic E-state index is 0.184. The van der Waals surface area contributed by atoms with Gasteiger partial charge in [-0.25, -0.2) is 9.97 Å². The fourth-order valence-electron chi connectivity index (χ4n) is 2.72. The molecule has 1 N–H and O–H groups in total. The maximum atomic E-state index is 6.23. The topological polar surface area (TPSA) is 37.8 Å². The Morgan fingerprint density at radius 2 is 1.89 bits per heavy atom. The average molecular weight is 266 g/mol. The van der Waals surface area contributed by atoms with Crippen LogP contribution in [0.4, 0.5) is 5.82 Å². The molecule has 3 rings (SSSR count). The summed E-state index contributed by atoms with van der Waals surface area (Å²) in [6, 6.07) is 0. The first-order valence-corrected chi connectivity index (χ1v) is 7.27. The molecule has 0 unspecified atom stereocenters. The smallest absolute Gasteiger partial charge is 0.137 e. The minimum Gasteiger partial charge on any atom is -0.365 e. The van der Waals surface area contributed by atoms with Crippen LogP contribution in [0.15, 0.2) is 0 Å². The van der Waals surface area contributed by atoms with Crippen LogP contribution < -0.4 is 5.32 Å². The Kier molecular flexibility index (Phi) is 2.97. The normalized spacial score (nSPS) is 22.2. The Labute approximate surface area is 113 Å². The van der Waals surface area contributed by atoms with Crippen molar-refractivity contribution in [1.82, 2.24) is 9.97 Å². The molecule has 2 fully saturated rings. The number of rotatable bonds is 3. The predicted molar refractivity (Wildman–Crippen MR) is 74.2 cm³/mol. The summed E-state index contributed by atoms with van der Waals surface area (Å²) in [4.78, 5) is 9.10. The lowest BCUT2D eigenvalue weighted by atomic mass is 10.0. The van der Waals surface area contributed by atoms with Gasteiger partial charge < -0.3 is 5.32 Å². The van der Waals surface area contributed by atoms with Gasteiger partial charge in [0.2, 0.25) is 0 Å². The molecule has 1 aromatic rings. The monoisotopic (exact) mass is 265 g/mol. The second kappa shape index (κ2) is 4.37. The summed E-state index contributed by atoms with van der Waals surface area (Å²) in [5.41, 5.74) is 1.16. The Morgan fingerprint density at radius 1 is 1.22 bits per heavy atom. The molecule has 0 spiro atoms. The second-order valence-corrected chi connectivity index (χ2v) is 6.37. The van der Waals surface area contributed by atoms with Crippen molar-refractivity contribution in [2.75, 3.05) is 5.32 Å². The lowest BCUT2D eigenvalue weighted by Crippen LogP contribution is -2.32. The van der Waals surface area contributed by atoms with E-state index < -0.39 is 0 Å². The van der Waals surface area contributed by atoms with Gasteiger partial charge in [-0.05, 0) is 39.5 Å². The molecular formula is C14H20ClN3. The SMILES string of the molecule is Cc1c(Cl)nc(C2CC2)nc1NC1(C)CCCC1. The van der Waals surface area contributed by atoms with E-state index in [1.165, 1.54) is 38.5 Å². The molecular weight excluding hydrogens is 246 g/mol. The van der Waals surface area contributed by atoms with Crippen molar-refractivity contribution >= 4 is 17.4 Å². The summed E-state index contributed by atoms with van der Waals surface area (Å²) in [7, 11) is 0. The third-order valence-corrected chi connectivity index (χ3v) is 4.54. The van der Waals surface area contributed by atoms with Crippen LogP contribution in [0.25, 0.3) is 0 Å². The Bertz CT molecular complexity index is 462. The molecule has 0 radical (unpaired) electrons. The summed E-state index contributed by atoms with van der Waals surface area (Å²) in [6.07, 6.45) is 7.44. The van der Waals surface area contributed by atoms with E-state index in [9.17, 15) is 0 Å². The highest BCUT2D eigenvalue weighted by Crippen LogP contribution is 2.40. The number of halogens is 1. The minimum atomic E-state index is 0.184. The number of aromatic nitrogens is 2. The van der Waals surface area contributed by atoms with Crippen LogP contribution in [0.1, 0.15) is 62.8 Å². The summed E-state index contributed by atoms with van der Waals surface area (Å²) in [6.45, 7) is 4.28. The number of hydrogen-bond acceptors (Lipinski definition) is 3. The molecule has 2 aliphatic rings. The number of nitrogens with one attached hydrogen (secondary N) is 1. The van der Waals surface area contributed by atoms with Crippen LogP contribution in [0.2, 0.25) is 5.15 Å². The molecule has 0 aromatic carbocycles. The molecule has 1 aromatic heterocycles. The van der Waals surface area contributed by atoms with Crippen molar-refractivity contribution in [2.24, 2.45) is 0 Å². The van der Waals surface area contributed by atoms with Gasteiger partial charge in [0.25, 0.3) is 0 Å². The van der Waals surface area contributed by atoms with E-state index in [-0.39, 0.29) is 5.54 Å². The second-order valence-electron chi connectivity index (χ2n) is 6.01. The van der Waals surface area contributed by atoms with Gasteiger partial charge in [0, 0.05) is 17.0 Å². The number of nitrogens with zero attached hydrogens (tertiary/aromatic N) is 2. The molecule has 0 amide bonds. The van der Waals surface area contributed by atoms with Crippen molar-refractivity contribution in [3.63, 3.8) is 0 Å². The lowest BCUT2D eigenvalue weighted by Gasteiger charge is -2.27. The molecule has 0 atom stereocenters. The third-order valence-electron chi connectivity index (χ3n) is 4.17. The zero-order valence-corrected chi connectivity index (χ0v) is 11.8. The number of anilines is 1. The van der Waals surface area contributed by atoms with E-state index in [1.807, 2.05) is 6.92 Å². The predicted octanol–water partition coefficient (Wildman–Crippen LogP) is 4.06. The summed E-state index contributed by atoms with van der Waals surface area (Å²) < 4.78 is 0.